The smallest absolute Gasteiger partial charge is 0.339 e. The molecule has 0 unspecified atom stereocenters. The summed E-state index contributed by atoms with van der Waals surface area (Å²) in [6.07, 6.45) is 4.31. The maximum Gasteiger partial charge on any atom is 0.339 e. The van der Waals surface area contributed by atoms with E-state index >= 15 is 0 Å². The number of rotatable bonds is 3. The molecule has 1 saturated carbocycles. The first-order chi connectivity index (χ1) is 8.20. The monoisotopic (exact) mass is 231 g/mol. The van der Waals surface area contributed by atoms with E-state index in [1.54, 1.807) is 12.1 Å². The number of carboxylic acid groups (broad SMARTS) is 1. The lowest BCUT2D eigenvalue weighted by molar-refractivity contribution is 0.0689. The first-order valence-electron chi connectivity index (χ1n) is 5.65. The van der Waals surface area contributed by atoms with E-state index in [2.05, 4.69) is 0 Å². The fraction of sp³-hybridized carbons (Fsp3) is 0.385. The molecule has 0 atom stereocenters. The summed E-state index contributed by atoms with van der Waals surface area (Å²) >= 11 is 0. The molecule has 0 amide bonds. The second-order valence-corrected chi connectivity index (χ2v) is 4.15. The van der Waals surface area contributed by atoms with E-state index in [0.717, 1.165) is 25.7 Å². The molecule has 4 nitrogen and oxygen atoms in total. The van der Waals surface area contributed by atoms with Gasteiger partial charge in [-0.1, -0.05) is 0 Å². The van der Waals surface area contributed by atoms with Gasteiger partial charge < -0.3 is 9.84 Å². The summed E-state index contributed by atoms with van der Waals surface area (Å²) in [5.74, 6) is -0.696. The van der Waals surface area contributed by atoms with Crippen LogP contribution in [-0.4, -0.2) is 17.2 Å². The molecule has 1 aromatic rings. The predicted octanol–water partition coefficient (Wildman–Crippen LogP) is 2.58. The van der Waals surface area contributed by atoms with Crippen molar-refractivity contribution in [3.05, 3.63) is 29.3 Å². The van der Waals surface area contributed by atoms with Crippen LogP contribution in [0.5, 0.6) is 5.75 Å². The van der Waals surface area contributed by atoms with Crippen molar-refractivity contribution >= 4 is 5.97 Å². The molecule has 17 heavy (non-hydrogen) atoms. The lowest BCUT2D eigenvalue weighted by Gasteiger charge is -2.14. The Bertz CT molecular complexity index is 470. The van der Waals surface area contributed by atoms with Crippen LogP contribution in [0.1, 0.15) is 41.6 Å². The molecule has 1 aliphatic rings. The van der Waals surface area contributed by atoms with Crippen LogP contribution in [-0.2, 0) is 0 Å². The van der Waals surface area contributed by atoms with E-state index in [4.69, 9.17) is 15.1 Å². The summed E-state index contributed by atoms with van der Waals surface area (Å²) < 4.78 is 5.68. The Hall–Kier alpha value is -2.02. The molecular weight excluding hydrogens is 218 g/mol. The van der Waals surface area contributed by atoms with Crippen LogP contribution in [0.2, 0.25) is 0 Å². The fourth-order valence-corrected chi connectivity index (χ4v) is 2.06. The molecule has 0 bridgehead atoms. The molecule has 0 aliphatic heterocycles. The lowest BCUT2D eigenvalue weighted by atomic mass is 10.1. The highest BCUT2D eigenvalue weighted by Gasteiger charge is 2.20. The number of carbonyl (C=O) groups is 1. The first-order valence-corrected chi connectivity index (χ1v) is 5.65. The number of nitrogens with zero attached hydrogens (tertiary/aromatic N) is 1. The van der Waals surface area contributed by atoms with E-state index in [0.29, 0.717) is 11.3 Å². The average Bonchev–Trinajstić information content (AvgIpc) is 2.82. The SMILES string of the molecule is N#Cc1ccc(OC2CCCC2)c(C(=O)O)c1. The van der Waals surface area contributed by atoms with Crippen molar-refractivity contribution < 1.29 is 14.6 Å². The maximum atomic E-state index is 11.1. The molecule has 0 radical (unpaired) electrons. The number of hydrogen-bond donors (Lipinski definition) is 1. The molecule has 1 aromatic carbocycles. The molecule has 1 fully saturated rings. The van der Waals surface area contributed by atoms with E-state index in [1.807, 2.05) is 6.07 Å². The number of nitriles is 1. The second-order valence-electron chi connectivity index (χ2n) is 4.15. The molecule has 0 spiro atoms. The minimum absolute atomic E-state index is 0.0657. The van der Waals surface area contributed by atoms with Crippen LogP contribution in [0, 0.1) is 11.3 Å². The topological polar surface area (TPSA) is 70.3 Å². The Balaban J connectivity index is 2.26. The highest BCUT2D eigenvalue weighted by Crippen LogP contribution is 2.27. The van der Waals surface area contributed by atoms with Crippen molar-refractivity contribution in [3.8, 4) is 11.8 Å². The van der Waals surface area contributed by atoms with Crippen molar-refractivity contribution in [3.63, 3.8) is 0 Å². The molecule has 0 aromatic heterocycles. The minimum atomic E-state index is -1.06. The van der Waals surface area contributed by atoms with Gasteiger partial charge in [-0.15, -0.1) is 0 Å². The van der Waals surface area contributed by atoms with Gasteiger partial charge in [0.1, 0.15) is 11.3 Å². The largest absolute Gasteiger partial charge is 0.490 e. The van der Waals surface area contributed by atoms with Crippen molar-refractivity contribution in [2.24, 2.45) is 0 Å². The van der Waals surface area contributed by atoms with Gasteiger partial charge in [0.2, 0.25) is 0 Å². The second kappa shape index (κ2) is 4.88. The highest BCUT2D eigenvalue weighted by atomic mass is 16.5. The van der Waals surface area contributed by atoms with Gasteiger partial charge >= 0.3 is 5.97 Å². The Labute approximate surface area is 99.4 Å². The highest BCUT2D eigenvalue weighted by molar-refractivity contribution is 5.91. The van der Waals surface area contributed by atoms with E-state index in [-0.39, 0.29) is 11.7 Å². The number of aromatic carboxylic acids is 1. The maximum absolute atomic E-state index is 11.1. The predicted molar refractivity (Wildman–Crippen MR) is 61.0 cm³/mol. The number of benzene rings is 1. The number of carboxylic acids is 1. The van der Waals surface area contributed by atoms with Gasteiger partial charge in [-0.3, -0.25) is 0 Å². The van der Waals surface area contributed by atoms with E-state index in [9.17, 15) is 4.79 Å². The van der Waals surface area contributed by atoms with Gasteiger partial charge in [-0.2, -0.15) is 5.26 Å². The normalized spacial score (nSPS) is 15.5. The molecule has 1 aliphatic carbocycles. The molecule has 2 rings (SSSR count). The van der Waals surface area contributed by atoms with Crippen molar-refractivity contribution in [2.75, 3.05) is 0 Å². The summed E-state index contributed by atoms with van der Waals surface area (Å²) in [7, 11) is 0. The summed E-state index contributed by atoms with van der Waals surface area (Å²) in [6.45, 7) is 0. The van der Waals surface area contributed by atoms with Crippen LogP contribution in [0.25, 0.3) is 0 Å². The minimum Gasteiger partial charge on any atom is -0.490 e. The molecule has 88 valence electrons. The third-order valence-electron chi connectivity index (χ3n) is 2.93. The van der Waals surface area contributed by atoms with Crippen LogP contribution in [0.4, 0.5) is 0 Å². The van der Waals surface area contributed by atoms with Gasteiger partial charge in [-0.25, -0.2) is 4.79 Å². The Morgan fingerprint density at radius 1 is 1.41 bits per heavy atom. The van der Waals surface area contributed by atoms with Crippen molar-refractivity contribution in [1.82, 2.24) is 0 Å². The molecular formula is C13H13NO3. The van der Waals surface area contributed by atoms with Gasteiger partial charge in [0.25, 0.3) is 0 Å². The standard InChI is InChI=1S/C13H13NO3/c14-8-9-5-6-12(11(7-9)13(15)16)17-10-3-1-2-4-10/h5-7,10H,1-4H2,(H,15,16). The van der Waals surface area contributed by atoms with Crippen LogP contribution in [0.15, 0.2) is 18.2 Å². The number of ether oxygens (including phenoxy) is 1. The van der Waals surface area contributed by atoms with Gasteiger partial charge in [-0.05, 0) is 43.9 Å². The number of hydrogen-bond acceptors (Lipinski definition) is 3. The van der Waals surface area contributed by atoms with Crippen LogP contribution >= 0.6 is 0 Å². The zero-order valence-electron chi connectivity index (χ0n) is 9.35. The zero-order valence-corrected chi connectivity index (χ0v) is 9.35. The Morgan fingerprint density at radius 3 is 2.71 bits per heavy atom. The average molecular weight is 231 g/mol. The Kier molecular flexibility index (Phi) is 3.29. The fourth-order valence-electron chi connectivity index (χ4n) is 2.06. The molecule has 0 saturated heterocycles. The van der Waals surface area contributed by atoms with Crippen LogP contribution < -0.4 is 4.74 Å². The molecule has 4 heteroatoms. The van der Waals surface area contributed by atoms with Gasteiger partial charge in [0, 0.05) is 0 Å². The Morgan fingerprint density at radius 2 is 2.12 bits per heavy atom. The summed E-state index contributed by atoms with van der Waals surface area (Å²) in [4.78, 5) is 11.1. The third-order valence-corrected chi connectivity index (χ3v) is 2.93. The third kappa shape index (κ3) is 2.56. The first kappa shape index (κ1) is 11.5. The van der Waals surface area contributed by atoms with Crippen molar-refractivity contribution in [1.29, 1.82) is 5.26 Å². The van der Waals surface area contributed by atoms with Crippen molar-refractivity contribution in [2.45, 2.75) is 31.8 Å². The van der Waals surface area contributed by atoms with E-state index < -0.39 is 5.97 Å². The molecule has 0 heterocycles. The van der Waals surface area contributed by atoms with Gasteiger partial charge in [0.15, 0.2) is 0 Å². The molecule has 1 N–H and O–H groups in total. The summed E-state index contributed by atoms with van der Waals surface area (Å²) in [5.41, 5.74) is 0.400. The van der Waals surface area contributed by atoms with Crippen LogP contribution in [0.3, 0.4) is 0 Å². The van der Waals surface area contributed by atoms with E-state index in [1.165, 1.54) is 6.07 Å². The zero-order chi connectivity index (χ0) is 12.3. The summed E-state index contributed by atoms with van der Waals surface area (Å²) in [5, 5.41) is 17.8. The van der Waals surface area contributed by atoms with Gasteiger partial charge in [0.05, 0.1) is 17.7 Å². The lowest BCUT2D eigenvalue weighted by Crippen LogP contribution is -2.13. The summed E-state index contributed by atoms with van der Waals surface area (Å²) in [6, 6.07) is 6.43. The quantitative estimate of drug-likeness (QED) is 0.867.